The molecule has 0 N–H and O–H groups in total. The van der Waals surface area contributed by atoms with Gasteiger partial charge < -0.3 is 4.57 Å². The van der Waals surface area contributed by atoms with Crippen molar-refractivity contribution in [2.75, 3.05) is 13.1 Å². The van der Waals surface area contributed by atoms with Crippen LogP contribution >= 0.6 is 0 Å². The molecule has 2 fully saturated rings. The number of rotatable bonds is 4. The maximum atomic E-state index is 12.9. The summed E-state index contributed by atoms with van der Waals surface area (Å²) in [5.74, 6) is 0.712. The molecule has 2 aliphatic heterocycles. The Bertz CT molecular complexity index is 827. The molecule has 0 aliphatic carbocycles. The van der Waals surface area contributed by atoms with Crippen molar-refractivity contribution in [3.8, 4) is 0 Å². The van der Waals surface area contributed by atoms with E-state index in [0.717, 1.165) is 19.5 Å². The lowest BCUT2D eigenvalue weighted by Crippen LogP contribution is -2.48. The minimum absolute atomic E-state index is 0.0611. The van der Waals surface area contributed by atoms with E-state index in [2.05, 4.69) is 22.0 Å². The van der Waals surface area contributed by atoms with E-state index in [1.807, 2.05) is 32.2 Å². The van der Waals surface area contributed by atoms with Crippen LogP contribution in [0.5, 0.6) is 0 Å². The predicted octanol–water partition coefficient (Wildman–Crippen LogP) is 1.38. The highest BCUT2D eigenvalue weighted by molar-refractivity contribution is 7.89. The molecule has 0 unspecified atom stereocenters. The second kappa shape index (κ2) is 5.68. The standard InChI is InChI=1S/C17H22N4O2S/c1-13-18-17(12-19(13)2)24(22,23)21-11-15-8-16(21)10-20(15)9-14-6-4-3-5-7-14/h3-7,12,15-16H,8-11H2,1-2H3/t15-,16-/m0/s1. The zero-order valence-corrected chi connectivity index (χ0v) is 14.8. The van der Waals surface area contributed by atoms with E-state index in [9.17, 15) is 8.42 Å². The van der Waals surface area contributed by atoms with Crippen LogP contribution in [0.4, 0.5) is 0 Å². The van der Waals surface area contributed by atoms with Gasteiger partial charge in [-0.3, -0.25) is 4.90 Å². The lowest BCUT2D eigenvalue weighted by molar-refractivity contribution is 0.174. The number of aromatic nitrogens is 2. The first-order chi connectivity index (χ1) is 11.4. The first-order valence-corrected chi connectivity index (χ1v) is 9.69. The summed E-state index contributed by atoms with van der Waals surface area (Å²) in [6.45, 7) is 4.06. The van der Waals surface area contributed by atoms with Gasteiger partial charge >= 0.3 is 0 Å². The molecule has 2 bridgehead atoms. The number of hydrogen-bond acceptors (Lipinski definition) is 4. The van der Waals surface area contributed by atoms with Gasteiger partial charge in [-0.2, -0.15) is 4.31 Å². The van der Waals surface area contributed by atoms with Crippen LogP contribution in [0.1, 0.15) is 17.8 Å². The van der Waals surface area contributed by atoms with Gasteiger partial charge in [-0.1, -0.05) is 30.3 Å². The van der Waals surface area contributed by atoms with Crippen molar-refractivity contribution in [1.82, 2.24) is 18.8 Å². The molecule has 3 heterocycles. The van der Waals surface area contributed by atoms with Gasteiger partial charge in [0, 0.05) is 45.0 Å². The van der Waals surface area contributed by atoms with Crippen LogP contribution in [0.3, 0.4) is 0 Å². The quantitative estimate of drug-likeness (QED) is 0.839. The van der Waals surface area contributed by atoms with Crippen LogP contribution in [0, 0.1) is 6.92 Å². The number of nitrogens with zero attached hydrogens (tertiary/aromatic N) is 4. The largest absolute Gasteiger partial charge is 0.337 e. The average Bonchev–Trinajstić information content (AvgIpc) is 3.24. The molecule has 2 atom stereocenters. The van der Waals surface area contributed by atoms with Crippen molar-refractivity contribution in [2.45, 2.75) is 37.0 Å². The molecule has 7 heteroatoms. The van der Waals surface area contributed by atoms with E-state index in [0.29, 0.717) is 18.4 Å². The summed E-state index contributed by atoms with van der Waals surface area (Å²) in [5.41, 5.74) is 1.28. The zero-order chi connectivity index (χ0) is 16.9. The summed E-state index contributed by atoms with van der Waals surface area (Å²) in [4.78, 5) is 6.62. The summed E-state index contributed by atoms with van der Waals surface area (Å²) in [6, 6.07) is 10.7. The Morgan fingerprint density at radius 3 is 2.50 bits per heavy atom. The van der Waals surface area contributed by atoms with Crippen LogP contribution in [-0.4, -0.2) is 52.3 Å². The Kier molecular flexibility index (Phi) is 3.74. The molecule has 2 aromatic rings. The third-order valence-corrected chi connectivity index (χ3v) is 6.98. The minimum Gasteiger partial charge on any atom is -0.337 e. The first kappa shape index (κ1) is 15.8. The monoisotopic (exact) mass is 346 g/mol. The summed E-state index contributed by atoms with van der Waals surface area (Å²) in [5, 5.41) is 0.171. The van der Waals surface area contributed by atoms with E-state index in [-0.39, 0.29) is 11.1 Å². The van der Waals surface area contributed by atoms with Crippen LogP contribution in [0.2, 0.25) is 0 Å². The van der Waals surface area contributed by atoms with Crippen LogP contribution < -0.4 is 0 Å². The van der Waals surface area contributed by atoms with E-state index in [4.69, 9.17) is 0 Å². The van der Waals surface area contributed by atoms with Gasteiger partial charge in [0.1, 0.15) is 5.82 Å². The van der Waals surface area contributed by atoms with Gasteiger partial charge in [0.2, 0.25) is 0 Å². The summed E-state index contributed by atoms with van der Waals surface area (Å²) in [7, 11) is -1.67. The molecule has 0 radical (unpaired) electrons. The summed E-state index contributed by atoms with van der Waals surface area (Å²) < 4.78 is 29.2. The molecule has 24 heavy (non-hydrogen) atoms. The van der Waals surface area contributed by atoms with Crippen molar-refractivity contribution in [3.63, 3.8) is 0 Å². The fourth-order valence-electron chi connectivity index (χ4n) is 3.79. The number of fused-ring (bicyclic) bond motifs is 2. The maximum Gasteiger partial charge on any atom is 0.262 e. The Balaban J connectivity index is 1.50. The van der Waals surface area contributed by atoms with Gasteiger partial charge in [0.15, 0.2) is 5.03 Å². The number of benzene rings is 1. The van der Waals surface area contributed by atoms with Crippen molar-refractivity contribution in [3.05, 3.63) is 47.9 Å². The second-order valence-electron chi connectivity index (χ2n) is 6.77. The summed E-state index contributed by atoms with van der Waals surface area (Å²) in [6.07, 6.45) is 2.52. The molecule has 128 valence electrons. The molecule has 0 spiro atoms. The maximum absolute atomic E-state index is 12.9. The minimum atomic E-state index is -3.49. The molecular weight excluding hydrogens is 324 g/mol. The molecule has 0 amide bonds. The smallest absolute Gasteiger partial charge is 0.262 e. The van der Waals surface area contributed by atoms with Crippen LogP contribution in [-0.2, 0) is 23.6 Å². The fraction of sp³-hybridized carbons (Fsp3) is 0.471. The second-order valence-corrected chi connectivity index (χ2v) is 8.61. The lowest BCUT2D eigenvalue weighted by Gasteiger charge is -2.33. The number of hydrogen-bond donors (Lipinski definition) is 0. The highest BCUT2D eigenvalue weighted by atomic mass is 32.2. The molecule has 6 nitrogen and oxygen atoms in total. The Morgan fingerprint density at radius 2 is 1.92 bits per heavy atom. The van der Waals surface area contributed by atoms with Crippen LogP contribution in [0.25, 0.3) is 0 Å². The molecule has 1 aromatic carbocycles. The van der Waals surface area contributed by atoms with Crippen molar-refractivity contribution in [2.24, 2.45) is 7.05 Å². The molecule has 0 saturated carbocycles. The van der Waals surface area contributed by atoms with E-state index >= 15 is 0 Å². The van der Waals surface area contributed by atoms with Gasteiger partial charge in [0.25, 0.3) is 10.0 Å². The van der Waals surface area contributed by atoms with Crippen LogP contribution in [0.15, 0.2) is 41.6 Å². The Labute approximate surface area is 142 Å². The Hall–Kier alpha value is -1.70. The highest BCUT2D eigenvalue weighted by Crippen LogP contribution is 2.35. The van der Waals surface area contributed by atoms with E-state index < -0.39 is 10.0 Å². The number of aryl methyl sites for hydroxylation is 2. The van der Waals surface area contributed by atoms with Crippen molar-refractivity contribution < 1.29 is 8.42 Å². The number of imidazole rings is 1. The van der Waals surface area contributed by atoms with E-state index in [1.54, 1.807) is 15.1 Å². The third kappa shape index (κ3) is 2.56. The normalized spacial score (nSPS) is 24.8. The average molecular weight is 346 g/mol. The number of piperazine rings is 1. The zero-order valence-electron chi connectivity index (χ0n) is 14.0. The number of likely N-dealkylation sites (tertiary alicyclic amines) is 1. The van der Waals surface area contributed by atoms with E-state index in [1.165, 1.54) is 5.56 Å². The Morgan fingerprint density at radius 1 is 1.17 bits per heavy atom. The highest BCUT2D eigenvalue weighted by Gasteiger charge is 2.48. The van der Waals surface area contributed by atoms with Crippen molar-refractivity contribution in [1.29, 1.82) is 0 Å². The molecule has 2 saturated heterocycles. The molecule has 1 aromatic heterocycles. The number of sulfonamides is 1. The summed E-state index contributed by atoms with van der Waals surface area (Å²) >= 11 is 0. The first-order valence-electron chi connectivity index (χ1n) is 8.25. The molecule has 4 rings (SSSR count). The van der Waals surface area contributed by atoms with Gasteiger partial charge in [-0.05, 0) is 18.9 Å². The van der Waals surface area contributed by atoms with Gasteiger partial charge in [-0.15, -0.1) is 0 Å². The molecular formula is C17H22N4O2S. The lowest BCUT2D eigenvalue weighted by atomic mass is 10.2. The molecule has 2 aliphatic rings. The topological polar surface area (TPSA) is 58.4 Å². The SMILES string of the molecule is Cc1nc(S(=O)(=O)N2C[C@@H]3C[C@H]2CN3Cc2ccccc2)cn1C. The fourth-order valence-corrected chi connectivity index (χ4v) is 5.48. The third-order valence-electron chi connectivity index (χ3n) is 5.19. The van der Waals surface area contributed by atoms with Gasteiger partial charge in [-0.25, -0.2) is 13.4 Å². The van der Waals surface area contributed by atoms with Crippen molar-refractivity contribution >= 4 is 10.0 Å². The predicted molar refractivity (Wildman–Crippen MR) is 90.9 cm³/mol. The van der Waals surface area contributed by atoms with Gasteiger partial charge in [0.05, 0.1) is 0 Å².